The first-order valence-corrected chi connectivity index (χ1v) is 8.38. The molecule has 0 aromatic heterocycles. The maximum atomic E-state index is 12.1. The molecule has 3 N–H and O–H groups in total. The molecule has 0 radical (unpaired) electrons. The van der Waals surface area contributed by atoms with Crippen molar-refractivity contribution in [2.45, 2.75) is 12.8 Å². The van der Waals surface area contributed by atoms with Crippen molar-refractivity contribution in [1.82, 2.24) is 5.32 Å². The third-order valence-electron chi connectivity index (χ3n) is 3.91. The van der Waals surface area contributed by atoms with Crippen molar-refractivity contribution in [2.24, 2.45) is 0 Å². The summed E-state index contributed by atoms with van der Waals surface area (Å²) in [5.74, 6) is -0.109. The van der Waals surface area contributed by atoms with Crippen LogP contribution in [0.5, 0.6) is 0 Å². The number of nitrogens with one attached hydrogen (secondary N) is 3. The fourth-order valence-corrected chi connectivity index (χ4v) is 2.54. The number of nitrogens with zero attached hydrogens (tertiary/aromatic N) is 2. The second-order valence-corrected chi connectivity index (χ2v) is 5.70. The lowest BCUT2D eigenvalue weighted by Gasteiger charge is -2.12. The number of benzene rings is 2. The molecule has 0 aliphatic carbocycles. The van der Waals surface area contributed by atoms with Gasteiger partial charge in [0.15, 0.2) is 0 Å². The predicted molar refractivity (Wildman–Crippen MR) is 102 cm³/mol. The Kier molecular flexibility index (Phi) is 7.17. The van der Waals surface area contributed by atoms with Gasteiger partial charge in [0.1, 0.15) is 6.07 Å². The number of amides is 1. The molecule has 2 aromatic rings. The Morgan fingerprint density at radius 2 is 1.81 bits per heavy atom. The second kappa shape index (κ2) is 9.83. The number of anilines is 2. The van der Waals surface area contributed by atoms with Gasteiger partial charge in [0.05, 0.1) is 28.6 Å². The summed E-state index contributed by atoms with van der Waals surface area (Å²) >= 11 is 0. The minimum absolute atomic E-state index is 0.109. The van der Waals surface area contributed by atoms with Gasteiger partial charge in [-0.1, -0.05) is 18.2 Å². The topological polar surface area (TPSA) is 101 Å². The highest BCUT2D eigenvalue weighted by atomic mass is 16.1. The Labute approximate surface area is 153 Å². The zero-order valence-electron chi connectivity index (χ0n) is 14.7. The second-order valence-electron chi connectivity index (χ2n) is 5.70. The number of nitriles is 2. The van der Waals surface area contributed by atoms with Gasteiger partial charge in [-0.15, -0.1) is 0 Å². The molecular formula is C20H21N5O. The molecule has 6 nitrogen and oxygen atoms in total. The summed E-state index contributed by atoms with van der Waals surface area (Å²) in [5.41, 5.74) is 3.52. The molecule has 0 heterocycles. The van der Waals surface area contributed by atoms with Gasteiger partial charge in [-0.25, -0.2) is 0 Å². The van der Waals surface area contributed by atoms with Gasteiger partial charge in [0, 0.05) is 20.0 Å². The number of hydrogen-bond acceptors (Lipinski definition) is 5. The molecule has 0 saturated carbocycles. The van der Waals surface area contributed by atoms with Gasteiger partial charge in [-0.2, -0.15) is 10.5 Å². The molecule has 26 heavy (non-hydrogen) atoms. The molecular weight excluding hydrogens is 326 g/mol. The van der Waals surface area contributed by atoms with Crippen LogP contribution in [0.4, 0.5) is 11.4 Å². The highest BCUT2D eigenvalue weighted by Crippen LogP contribution is 2.25. The van der Waals surface area contributed by atoms with E-state index in [-0.39, 0.29) is 5.91 Å². The molecule has 0 fully saturated rings. The van der Waals surface area contributed by atoms with E-state index in [0.717, 1.165) is 18.5 Å². The Morgan fingerprint density at radius 1 is 1.04 bits per heavy atom. The van der Waals surface area contributed by atoms with Gasteiger partial charge < -0.3 is 16.0 Å². The summed E-state index contributed by atoms with van der Waals surface area (Å²) < 4.78 is 0. The van der Waals surface area contributed by atoms with E-state index in [1.807, 2.05) is 12.1 Å². The summed E-state index contributed by atoms with van der Waals surface area (Å²) in [6.45, 7) is 1.32. The Bertz CT molecular complexity index is 831. The van der Waals surface area contributed by atoms with Crippen molar-refractivity contribution in [3.05, 3.63) is 59.2 Å². The molecule has 0 saturated heterocycles. The van der Waals surface area contributed by atoms with E-state index in [9.17, 15) is 4.79 Å². The molecule has 2 aromatic carbocycles. The molecule has 132 valence electrons. The van der Waals surface area contributed by atoms with Gasteiger partial charge >= 0.3 is 0 Å². The van der Waals surface area contributed by atoms with E-state index < -0.39 is 0 Å². The number of rotatable bonds is 8. The van der Waals surface area contributed by atoms with Gasteiger partial charge in [0.2, 0.25) is 5.91 Å². The van der Waals surface area contributed by atoms with Crippen LogP contribution in [0.25, 0.3) is 0 Å². The standard InChI is InChI=1S/C20H21N5O/c1-23-20-17(14-22)3-2-4-18(20)25-19(26)10-12-24-11-9-15-5-7-16(13-21)8-6-15/h2-8,23-24H,9-12H2,1H3,(H,25,26). The smallest absolute Gasteiger partial charge is 0.225 e. The first kappa shape index (κ1) is 19.0. The van der Waals surface area contributed by atoms with Crippen molar-refractivity contribution in [3.63, 3.8) is 0 Å². The lowest BCUT2D eigenvalue weighted by atomic mass is 10.1. The first-order valence-electron chi connectivity index (χ1n) is 8.38. The summed E-state index contributed by atoms with van der Waals surface area (Å²) in [6.07, 6.45) is 1.18. The normalized spacial score (nSPS) is 9.81. The number of carbonyl (C=O) groups is 1. The van der Waals surface area contributed by atoms with Crippen LogP contribution >= 0.6 is 0 Å². The molecule has 0 atom stereocenters. The SMILES string of the molecule is CNc1c(C#N)cccc1NC(=O)CCNCCc1ccc(C#N)cc1. The van der Waals surface area contributed by atoms with E-state index in [0.29, 0.717) is 35.5 Å². The zero-order valence-corrected chi connectivity index (χ0v) is 14.7. The summed E-state index contributed by atoms with van der Waals surface area (Å²) in [6, 6.07) is 16.9. The van der Waals surface area contributed by atoms with Crippen LogP contribution < -0.4 is 16.0 Å². The third-order valence-corrected chi connectivity index (χ3v) is 3.91. The van der Waals surface area contributed by atoms with E-state index >= 15 is 0 Å². The Hall–Kier alpha value is -3.35. The van der Waals surface area contributed by atoms with Crippen molar-refractivity contribution >= 4 is 17.3 Å². The molecule has 6 heteroatoms. The first-order chi connectivity index (χ1) is 12.7. The molecule has 0 unspecified atom stereocenters. The van der Waals surface area contributed by atoms with Crippen LogP contribution in [0.3, 0.4) is 0 Å². The summed E-state index contributed by atoms with van der Waals surface area (Å²) in [5, 5.41) is 26.9. The highest BCUT2D eigenvalue weighted by Gasteiger charge is 2.09. The number of carbonyl (C=O) groups excluding carboxylic acids is 1. The van der Waals surface area contributed by atoms with Gasteiger partial charge in [0.25, 0.3) is 0 Å². The zero-order chi connectivity index (χ0) is 18.8. The fourth-order valence-electron chi connectivity index (χ4n) is 2.54. The largest absolute Gasteiger partial charge is 0.385 e. The van der Waals surface area contributed by atoms with Crippen molar-refractivity contribution in [2.75, 3.05) is 30.8 Å². The predicted octanol–water partition coefficient (Wildman–Crippen LogP) is 2.63. The lowest BCUT2D eigenvalue weighted by molar-refractivity contribution is -0.116. The van der Waals surface area contributed by atoms with Gasteiger partial charge in [-0.3, -0.25) is 4.79 Å². The minimum Gasteiger partial charge on any atom is -0.385 e. The van der Waals surface area contributed by atoms with Crippen LogP contribution in [-0.2, 0) is 11.2 Å². The third kappa shape index (κ3) is 5.34. The van der Waals surface area contributed by atoms with Crippen LogP contribution in [0.1, 0.15) is 23.1 Å². The summed E-state index contributed by atoms with van der Waals surface area (Å²) in [7, 11) is 1.72. The molecule has 2 rings (SSSR count). The minimum atomic E-state index is -0.109. The van der Waals surface area contributed by atoms with E-state index in [2.05, 4.69) is 28.1 Å². The Balaban J connectivity index is 1.74. The quantitative estimate of drug-likeness (QED) is 0.637. The number of para-hydroxylation sites is 1. The van der Waals surface area contributed by atoms with E-state index in [1.165, 1.54) is 0 Å². The molecule has 0 aliphatic heterocycles. The average Bonchev–Trinajstić information content (AvgIpc) is 2.67. The van der Waals surface area contributed by atoms with Crippen LogP contribution in [-0.4, -0.2) is 26.0 Å². The molecule has 0 bridgehead atoms. The van der Waals surface area contributed by atoms with Gasteiger partial charge in [-0.05, 0) is 42.8 Å². The maximum absolute atomic E-state index is 12.1. The van der Waals surface area contributed by atoms with E-state index in [4.69, 9.17) is 10.5 Å². The van der Waals surface area contributed by atoms with Crippen LogP contribution in [0, 0.1) is 22.7 Å². The summed E-state index contributed by atoms with van der Waals surface area (Å²) in [4.78, 5) is 12.1. The maximum Gasteiger partial charge on any atom is 0.225 e. The monoisotopic (exact) mass is 347 g/mol. The van der Waals surface area contributed by atoms with Crippen molar-refractivity contribution in [1.29, 1.82) is 10.5 Å². The fraction of sp³-hybridized carbons (Fsp3) is 0.250. The van der Waals surface area contributed by atoms with Crippen LogP contribution in [0.15, 0.2) is 42.5 Å². The van der Waals surface area contributed by atoms with E-state index in [1.54, 1.807) is 37.4 Å². The average molecular weight is 347 g/mol. The van der Waals surface area contributed by atoms with Crippen molar-refractivity contribution < 1.29 is 4.79 Å². The molecule has 1 amide bonds. The Morgan fingerprint density at radius 3 is 2.46 bits per heavy atom. The molecule has 0 aliphatic rings. The van der Waals surface area contributed by atoms with Crippen LogP contribution in [0.2, 0.25) is 0 Å². The molecule has 0 spiro atoms. The highest BCUT2D eigenvalue weighted by molar-refractivity contribution is 5.95. The van der Waals surface area contributed by atoms with Crippen molar-refractivity contribution in [3.8, 4) is 12.1 Å². The number of hydrogen-bond donors (Lipinski definition) is 3. The lowest BCUT2D eigenvalue weighted by Crippen LogP contribution is -2.24.